The van der Waals surface area contributed by atoms with E-state index >= 15 is 0 Å². The first-order valence-corrected chi connectivity index (χ1v) is 8.57. The van der Waals surface area contributed by atoms with Crippen molar-refractivity contribution in [2.75, 3.05) is 12.3 Å². The normalized spacial score (nSPS) is 20.9. The molecule has 5 heteroatoms. The van der Waals surface area contributed by atoms with E-state index in [0.29, 0.717) is 6.54 Å². The van der Waals surface area contributed by atoms with Gasteiger partial charge in [-0.05, 0) is 33.6 Å². The molecule has 108 valence electrons. The zero-order chi connectivity index (χ0) is 13.8. The topological polar surface area (TPSA) is 66.4 Å². The van der Waals surface area contributed by atoms with Gasteiger partial charge >= 0.3 is 0 Å². The Hall–Kier alpha value is -0.130. The molecule has 1 fully saturated rings. The third-order valence-corrected chi connectivity index (χ3v) is 5.69. The maximum atomic E-state index is 12.1. The van der Waals surface area contributed by atoms with E-state index in [1.807, 2.05) is 20.8 Å². The number of β-amino-alcohol motifs (C(OH)–C–C–N with tert-alkyl or cyclic N) is 1. The van der Waals surface area contributed by atoms with Crippen molar-refractivity contribution < 1.29 is 13.5 Å². The smallest absolute Gasteiger partial charge is 0.155 e. The summed E-state index contributed by atoms with van der Waals surface area (Å²) in [5.41, 5.74) is -0.102. The van der Waals surface area contributed by atoms with Gasteiger partial charge in [-0.1, -0.05) is 19.3 Å². The molecule has 0 aromatic rings. The minimum Gasteiger partial charge on any atom is -0.391 e. The zero-order valence-electron chi connectivity index (χ0n) is 11.8. The van der Waals surface area contributed by atoms with E-state index in [4.69, 9.17) is 0 Å². The van der Waals surface area contributed by atoms with Crippen molar-refractivity contribution in [3.63, 3.8) is 0 Å². The van der Waals surface area contributed by atoms with Crippen molar-refractivity contribution in [3.05, 3.63) is 0 Å². The fourth-order valence-electron chi connectivity index (χ4n) is 2.31. The number of rotatable bonds is 5. The molecule has 1 rings (SSSR count). The van der Waals surface area contributed by atoms with Crippen molar-refractivity contribution in [2.45, 2.75) is 69.8 Å². The molecule has 0 heterocycles. The summed E-state index contributed by atoms with van der Waals surface area (Å²) in [6, 6.07) is 0. The fourth-order valence-corrected chi connectivity index (χ4v) is 4.29. The average Bonchev–Trinajstić information content (AvgIpc) is 2.26. The van der Waals surface area contributed by atoms with Crippen LogP contribution in [0.2, 0.25) is 0 Å². The molecular formula is C13H27NO3S. The molecule has 0 aromatic heterocycles. The van der Waals surface area contributed by atoms with Gasteiger partial charge in [0.1, 0.15) is 0 Å². The van der Waals surface area contributed by atoms with Gasteiger partial charge in [-0.25, -0.2) is 8.42 Å². The maximum Gasteiger partial charge on any atom is 0.155 e. The molecule has 0 saturated heterocycles. The highest BCUT2D eigenvalue weighted by atomic mass is 32.2. The van der Waals surface area contributed by atoms with Gasteiger partial charge in [0, 0.05) is 12.1 Å². The lowest BCUT2D eigenvalue weighted by atomic mass is 10.0. The molecule has 0 spiro atoms. The standard InChI is InChI=1S/C13H27NO3S/c1-13(2,3)14-9-11(15)10-18(16,17)12-7-5-4-6-8-12/h11-12,14-15H,4-10H2,1-3H3. The van der Waals surface area contributed by atoms with E-state index in [0.717, 1.165) is 32.1 Å². The third-order valence-electron chi connectivity index (χ3n) is 3.35. The van der Waals surface area contributed by atoms with Crippen LogP contribution in [0.25, 0.3) is 0 Å². The van der Waals surface area contributed by atoms with Crippen LogP contribution in [0.1, 0.15) is 52.9 Å². The van der Waals surface area contributed by atoms with Gasteiger partial charge < -0.3 is 10.4 Å². The molecule has 2 N–H and O–H groups in total. The first kappa shape index (κ1) is 15.9. The van der Waals surface area contributed by atoms with Crippen LogP contribution in [0.5, 0.6) is 0 Å². The van der Waals surface area contributed by atoms with E-state index in [1.165, 1.54) is 0 Å². The lowest BCUT2D eigenvalue weighted by Gasteiger charge is -2.25. The first-order chi connectivity index (χ1) is 8.21. The molecule has 4 nitrogen and oxygen atoms in total. The van der Waals surface area contributed by atoms with Gasteiger partial charge in [0.25, 0.3) is 0 Å². The van der Waals surface area contributed by atoms with Gasteiger partial charge in [-0.3, -0.25) is 0 Å². The summed E-state index contributed by atoms with van der Waals surface area (Å²) >= 11 is 0. The van der Waals surface area contributed by atoms with Gasteiger partial charge in [0.05, 0.1) is 17.1 Å². The van der Waals surface area contributed by atoms with Gasteiger partial charge in [-0.2, -0.15) is 0 Å². The largest absolute Gasteiger partial charge is 0.391 e. The second kappa shape index (κ2) is 6.35. The van der Waals surface area contributed by atoms with Crippen LogP contribution >= 0.6 is 0 Å². The van der Waals surface area contributed by atoms with Crippen LogP contribution in [-0.4, -0.2) is 42.7 Å². The van der Waals surface area contributed by atoms with Crippen molar-refractivity contribution in [3.8, 4) is 0 Å². The average molecular weight is 277 g/mol. The summed E-state index contributed by atoms with van der Waals surface area (Å²) in [7, 11) is -3.14. The molecule has 0 aromatic carbocycles. The first-order valence-electron chi connectivity index (χ1n) is 6.85. The minimum atomic E-state index is -3.14. The maximum absolute atomic E-state index is 12.1. The van der Waals surface area contributed by atoms with E-state index in [-0.39, 0.29) is 16.5 Å². The van der Waals surface area contributed by atoms with Gasteiger partial charge in [-0.15, -0.1) is 0 Å². The molecule has 1 unspecified atom stereocenters. The Kier molecular flexibility index (Phi) is 5.62. The van der Waals surface area contributed by atoms with Crippen molar-refractivity contribution in [2.24, 2.45) is 0 Å². The Labute approximate surface area is 111 Å². The number of nitrogens with one attached hydrogen (secondary N) is 1. The fraction of sp³-hybridized carbons (Fsp3) is 1.00. The Morgan fingerprint density at radius 1 is 1.22 bits per heavy atom. The van der Waals surface area contributed by atoms with Crippen LogP contribution in [0, 0.1) is 0 Å². The summed E-state index contributed by atoms with van der Waals surface area (Å²) in [4.78, 5) is 0. The molecule has 1 saturated carbocycles. The van der Waals surface area contributed by atoms with Crippen LogP contribution in [-0.2, 0) is 9.84 Å². The van der Waals surface area contributed by atoms with Crippen LogP contribution in [0.3, 0.4) is 0 Å². The predicted octanol–water partition coefficient (Wildman–Crippen LogP) is 1.48. The Balaban J connectivity index is 2.44. The molecule has 0 radical (unpaired) electrons. The summed E-state index contributed by atoms with van der Waals surface area (Å²) in [5, 5.41) is 12.7. The van der Waals surface area contributed by atoms with Crippen LogP contribution in [0.15, 0.2) is 0 Å². The third kappa shape index (κ3) is 5.67. The van der Waals surface area contributed by atoms with E-state index < -0.39 is 15.9 Å². The number of hydrogen-bond acceptors (Lipinski definition) is 4. The highest BCUT2D eigenvalue weighted by Crippen LogP contribution is 2.24. The minimum absolute atomic E-state index is 0.102. The lowest BCUT2D eigenvalue weighted by molar-refractivity contribution is 0.181. The van der Waals surface area contributed by atoms with Crippen LogP contribution in [0.4, 0.5) is 0 Å². The highest BCUT2D eigenvalue weighted by molar-refractivity contribution is 7.92. The molecule has 0 aliphatic heterocycles. The number of sulfone groups is 1. The second-order valence-electron chi connectivity index (χ2n) is 6.37. The van der Waals surface area contributed by atoms with Crippen molar-refractivity contribution in [1.82, 2.24) is 5.32 Å². The SMILES string of the molecule is CC(C)(C)NCC(O)CS(=O)(=O)C1CCCCC1. The highest BCUT2D eigenvalue weighted by Gasteiger charge is 2.29. The number of aliphatic hydroxyl groups excluding tert-OH is 1. The Bertz CT molecular complexity index is 340. The lowest BCUT2D eigenvalue weighted by Crippen LogP contribution is -2.43. The molecule has 1 aliphatic carbocycles. The van der Waals surface area contributed by atoms with Gasteiger partial charge in [0.2, 0.25) is 0 Å². The van der Waals surface area contributed by atoms with E-state index in [1.54, 1.807) is 0 Å². The number of aliphatic hydroxyl groups is 1. The van der Waals surface area contributed by atoms with Crippen molar-refractivity contribution in [1.29, 1.82) is 0 Å². The molecule has 18 heavy (non-hydrogen) atoms. The molecule has 1 aliphatic rings. The van der Waals surface area contributed by atoms with Crippen molar-refractivity contribution >= 4 is 9.84 Å². The second-order valence-corrected chi connectivity index (χ2v) is 8.70. The van der Waals surface area contributed by atoms with E-state index in [2.05, 4.69) is 5.32 Å². The van der Waals surface area contributed by atoms with E-state index in [9.17, 15) is 13.5 Å². The molecule has 0 amide bonds. The summed E-state index contributed by atoms with van der Waals surface area (Å²) in [5.74, 6) is -0.110. The Morgan fingerprint density at radius 3 is 2.28 bits per heavy atom. The molecule has 1 atom stereocenters. The predicted molar refractivity (Wildman–Crippen MR) is 74.4 cm³/mol. The quantitative estimate of drug-likeness (QED) is 0.799. The summed E-state index contributed by atoms with van der Waals surface area (Å²) < 4.78 is 24.3. The molecule has 0 bridgehead atoms. The monoisotopic (exact) mass is 277 g/mol. The molecular weight excluding hydrogens is 250 g/mol. The van der Waals surface area contributed by atoms with Gasteiger partial charge in [0.15, 0.2) is 9.84 Å². The summed E-state index contributed by atoms with van der Waals surface area (Å²) in [6.07, 6.45) is 3.86. The zero-order valence-corrected chi connectivity index (χ0v) is 12.6. The Morgan fingerprint density at radius 2 is 1.78 bits per heavy atom. The summed E-state index contributed by atoms with van der Waals surface area (Å²) in [6.45, 7) is 6.31. The van der Waals surface area contributed by atoms with Crippen LogP contribution < -0.4 is 5.32 Å². The number of hydrogen-bond donors (Lipinski definition) is 2.